The highest BCUT2D eigenvalue weighted by atomic mass is 28.3. The molecule has 226 valence electrons. The van der Waals surface area contributed by atoms with Gasteiger partial charge in [-0.3, -0.25) is 4.79 Å². The summed E-state index contributed by atoms with van der Waals surface area (Å²) in [5.74, 6) is -1.41. The zero-order valence-corrected chi connectivity index (χ0v) is 27.2. The van der Waals surface area contributed by atoms with Gasteiger partial charge in [-0.15, -0.1) is 0 Å². The van der Waals surface area contributed by atoms with E-state index in [1.54, 1.807) is 0 Å². The minimum atomic E-state index is -1.32. The molecule has 0 spiro atoms. The molecule has 9 heteroatoms. The first-order chi connectivity index (χ1) is 18.2. The zero-order chi connectivity index (χ0) is 29.9. The number of rotatable bonds is 8. The van der Waals surface area contributed by atoms with Gasteiger partial charge in [-0.1, -0.05) is 85.4 Å². The molecule has 1 N–H and O–H groups in total. The molecule has 3 aliphatic rings. The second-order valence-electron chi connectivity index (χ2n) is 15.5. The van der Waals surface area contributed by atoms with Gasteiger partial charge in [0.25, 0.3) is 0 Å². The van der Waals surface area contributed by atoms with Gasteiger partial charge in [-0.2, -0.15) is 0 Å². The molecule has 0 saturated carbocycles. The highest BCUT2D eigenvalue weighted by molar-refractivity contribution is 6.76. The van der Waals surface area contributed by atoms with Crippen molar-refractivity contribution < 1.29 is 38.3 Å². The van der Waals surface area contributed by atoms with Crippen molar-refractivity contribution in [3.8, 4) is 0 Å². The van der Waals surface area contributed by atoms with Crippen molar-refractivity contribution in [3.63, 3.8) is 0 Å². The fourth-order valence-corrected chi connectivity index (χ4v) is 6.51. The van der Waals surface area contributed by atoms with Gasteiger partial charge in [0.2, 0.25) is 0 Å². The topological polar surface area (TPSA) is 92.7 Å². The van der Waals surface area contributed by atoms with Gasteiger partial charge >= 0.3 is 5.97 Å². The van der Waals surface area contributed by atoms with Crippen molar-refractivity contribution >= 4 is 14.0 Å². The smallest absolute Gasteiger partial charge is 0.312 e. The van der Waals surface area contributed by atoms with Crippen LogP contribution in [0.15, 0.2) is 24.3 Å². The largest absolute Gasteiger partial charge is 0.454 e. The molecule has 3 fully saturated rings. The Morgan fingerprint density at radius 2 is 1.57 bits per heavy atom. The second-order valence-corrected chi connectivity index (χ2v) is 21.0. The van der Waals surface area contributed by atoms with E-state index in [2.05, 4.69) is 40.4 Å². The lowest BCUT2D eigenvalue weighted by atomic mass is 9.61. The summed E-state index contributed by atoms with van der Waals surface area (Å²) < 4.78 is 36.6. The van der Waals surface area contributed by atoms with Crippen LogP contribution in [0.5, 0.6) is 0 Å². The Morgan fingerprint density at radius 3 is 2.12 bits per heavy atom. The third kappa shape index (κ3) is 6.51. The summed E-state index contributed by atoms with van der Waals surface area (Å²) in [7, 11) is -1.26. The molecular weight excluding hydrogens is 528 g/mol. The zero-order valence-electron chi connectivity index (χ0n) is 26.2. The first kappa shape index (κ1) is 31.6. The van der Waals surface area contributed by atoms with Crippen LogP contribution in [0.25, 0.3) is 0 Å². The standard InChI is InChI=1S/C31H50O8Si/c1-28(2,3)17-30(7,29(4,5)6)27(33)37-23-21-22(35-25(23)32)24-26(36-21)39-31(8,38-24)20-14-12-19(13-15-20)16-34-18-40(9,10)11/h12-15,21-26,32H,16-18H2,1-11H3. The van der Waals surface area contributed by atoms with E-state index < -0.39 is 56.3 Å². The monoisotopic (exact) mass is 578 g/mol. The molecule has 8 atom stereocenters. The Bertz CT molecular complexity index is 1060. The van der Waals surface area contributed by atoms with E-state index in [9.17, 15) is 9.90 Å². The number of esters is 1. The van der Waals surface area contributed by atoms with Crippen molar-refractivity contribution in [2.24, 2.45) is 16.2 Å². The summed E-state index contributed by atoms with van der Waals surface area (Å²) in [6.07, 6.45) is -3.45. The molecule has 3 heterocycles. The number of hydrogen-bond acceptors (Lipinski definition) is 8. The summed E-state index contributed by atoms with van der Waals surface area (Å²) in [4.78, 5) is 13.6. The average molecular weight is 579 g/mol. The maximum atomic E-state index is 13.6. The fourth-order valence-electron chi connectivity index (χ4n) is 5.80. The van der Waals surface area contributed by atoms with Gasteiger partial charge in [0.05, 0.1) is 20.1 Å². The molecule has 8 nitrogen and oxygen atoms in total. The van der Waals surface area contributed by atoms with Gasteiger partial charge < -0.3 is 33.5 Å². The van der Waals surface area contributed by atoms with Gasteiger partial charge in [0, 0.05) is 11.8 Å². The summed E-state index contributed by atoms with van der Waals surface area (Å²) in [6, 6.07) is 7.99. The second kappa shape index (κ2) is 10.7. The maximum Gasteiger partial charge on any atom is 0.312 e. The Kier molecular flexibility index (Phi) is 8.48. The Hall–Kier alpha value is -1.33. The quantitative estimate of drug-likeness (QED) is 0.319. The van der Waals surface area contributed by atoms with Crippen LogP contribution >= 0.6 is 0 Å². The van der Waals surface area contributed by atoms with Gasteiger partial charge in [0.15, 0.2) is 24.5 Å². The van der Waals surface area contributed by atoms with Gasteiger partial charge in [0.1, 0.15) is 18.3 Å². The van der Waals surface area contributed by atoms with Crippen molar-refractivity contribution in [3.05, 3.63) is 35.4 Å². The minimum absolute atomic E-state index is 0.0966. The van der Waals surface area contributed by atoms with Crippen LogP contribution in [0.4, 0.5) is 0 Å². The molecule has 0 aliphatic carbocycles. The molecule has 0 radical (unpaired) electrons. The molecule has 0 aromatic heterocycles. The maximum absolute atomic E-state index is 13.6. The number of ether oxygens (including phenoxy) is 6. The molecule has 8 unspecified atom stereocenters. The molecule has 4 rings (SSSR count). The molecule has 0 bridgehead atoms. The Morgan fingerprint density at radius 1 is 0.950 bits per heavy atom. The van der Waals surface area contributed by atoms with Crippen molar-refractivity contribution in [2.75, 3.05) is 6.23 Å². The Balaban J connectivity index is 1.41. The van der Waals surface area contributed by atoms with Crippen LogP contribution < -0.4 is 0 Å². The highest BCUT2D eigenvalue weighted by Crippen LogP contribution is 2.50. The van der Waals surface area contributed by atoms with E-state index in [0.29, 0.717) is 13.0 Å². The summed E-state index contributed by atoms with van der Waals surface area (Å²) in [6.45, 7) is 23.6. The summed E-state index contributed by atoms with van der Waals surface area (Å²) in [5, 5.41) is 10.8. The van der Waals surface area contributed by atoms with E-state index in [1.165, 1.54) is 0 Å². The van der Waals surface area contributed by atoms with E-state index >= 15 is 0 Å². The lowest BCUT2D eigenvalue weighted by molar-refractivity contribution is -0.234. The molecule has 0 amide bonds. The number of aliphatic hydroxyl groups excluding tert-OH is 1. The predicted octanol–water partition coefficient (Wildman–Crippen LogP) is 5.51. The van der Waals surface area contributed by atoms with Gasteiger partial charge in [-0.25, -0.2) is 0 Å². The molecule has 1 aromatic carbocycles. The number of benzene rings is 1. The first-order valence-electron chi connectivity index (χ1n) is 14.5. The third-order valence-corrected chi connectivity index (χ3v) is 9.40. The third-order valence-electron chi connectivity index (χ3n) is 8.33. The van der Waals surface area contributed by atoms with Crippen LogP contribution in [-0.4, -0.2) is 62.4 Å². The number of fused-ring (bicyclic) bond motifs is 3. The molecule has 1 aromatic rings. The fraction of sp³-hybridized carbons (Fsp3) is 0.774. The highest BCUT2D eigenvalue weighted by Gasteiger charge is 2.65. The van der Waals surface area contributed by atoms with Crippen LogP contribution in [0.1, 0.15) is 72.9 Å². The normalized spacial score (nSPS) is 33.9. The number of hydrogen-bond donors (Lipinski definition) is 1. The van der Waals surface area contributed by atoms with Crippen molar-refractivity contribution in [2.45, 2.75) is 131 Å². The lowest BCUT2D eigenvalue weighted by Crippen LogP contribution is -2.48. The molecular formula is C31H50O8Si. The van der Waals surface area contributed by atoms with E-state index in [-0.39, 0.29) is 16.8 Å². The number of carbonyl (C=O) groups excluding carboxylic acids is 1. The minimum Gasteiger partial charge on any atom is -0.454 e. The van der Waals surface area contributed by atoms with Crippen molar-refractivity contribution in [1.29, 1.82) is 0 Å². The summed E-state index contributed by atoms with van der Waals surface area (Å²) >= 11 is 0. The first-order valence-corrected chi connectivity index (χ1v) is 18.2. The van der Waals surface area contributed by atoms with Crippen molar-refractivity contribution in [1.82, 2.24) is 0 Å². The van der Waals surface area contributed by atoms with Crippen LogP contribution in [0.2, 0.25) is 19.6 Å². The van der Waals surface area contributed by atoms with E-state index in [1.807, 2.05) is 58.9 Å². The van der Waals surface area contributed by atoms with E-state index in [4.69, 9.17) is 28.4 Å². The van der Waals surface area contributed by atoms with Crippen LogP contribution in [0, 0.1) is 16.2 Å². The summed E-state index contributed by atoms with van der Waals surface area (Å²) in [5.41, 5.74) is 0.690. The van der Waals surface area contributed by atoms with Crippen LogP contribution in [0.3, 0.4) is 0 Å². The number of aliphatic hydroxyl groups is 1. The van der Waals surface area contributed by atoms with Gasteiger partial charge in [-0.05, 0) is 36.7 Å². The average Bonchev–Trinajstić information content (AvgIpc) is 3.39. The molecule has 3 aliphatic heterocycles. The molecule has 3 saturated heterocycles. The van der Waals surface area contributed by atoms with Crippen LogP contribution in [-0.2, 0) is 45.6 Å². The lowest BCUT2D eigenvalue weighted by Gasteiger charge is -2.44. The number of carbonyl (C=O) groups is 1. The SMILES string of the molecule is CC(C)(C)CC(C)(C(=O)OC1C(O)OC2C3OC(C)(c4ccc(COC[Si](C)(C)C)cc4)OC3OC12)C(C)(C)C. The Labute approximate surface area is 241 Å². The molecule has 40 heavy (non-hydrogen) atoms. The predicted molar refractivity (Wildman–Crippen MR) is 154 cm³/mol. The van der Waals surface area contributed by atoms with E-state index in [0.717, 1.165) is 17.4 Å².